The Hall–Kier alpha value is -3.33. The van der Waals surface area contributed by atoms with Gasteiger partial charge >= 0.3 is 0 Å². The molecule has 1 aromatic heterocycles. The third-order valence-corrected chi connectivity index (χ3v) is 6.22. The fourth-order valence-corrected chi connectivity index (χ4v) is 4.10. The van der Waals surface area contributed by atoms with Gasteiger partial charge in [-0.1, -0.05) is 36.9 Å². The van der Waals surface area contributed by atoms with E-state index in [9.17, 15) is 9.59 Å². The van der Waals surface area contributed by atoms with Crippen LogP contribution in [0.5, 0.6) is 5.75 Å². The molecule has 34 heavy (non-hydrogen) atoms. The lowest BCUT2D eigenvalue weighted by Gasteiger charge is -2.15. The van der Waals surface area contributed by atoms with Gasteiger partial charge in [-0.25, -0.2) is 0 Å². The molecule has 2 N–H and O–H groups in total. The van der Waals surface area contributed by atoms with E-state index < -0.39 is 6.10 Å². The van der Waals surface area contributed by atoms with Crippen molar-refractivity contribution in [1.82, 2.24) is 20.1 Å². The van der Waals surface area contributed by atoms with Crippen molar-refractivity contribution in [3.8, 4) is 5.75 Å². The van der Waals surface area contributed by atoms with Crippen LogP contribution >= 0.6 is 11.8 Å². The number of nitrogens with zero attached hydrogens (tertiary/aromatic N) is 3. The molecular formula is C25H31N5O3S. The van der Waals surface area contributed by atoms with Crippen molar-refractivity contribution in [1.29, 1.82) is 0 Å². The number of thioether (sulfide) groups is 1. The van der Waals surface area contributed by atoms with Crippen LogP contribution in [0.3, 0.4) is 0 Å². The van der Waals surface area contributed by atoms with Gasteiger partial charge in [-0.05, 0) is 68.1 Å². The summed E-state index contributed by atoms with van der Waals surface area (Å²) in [6.07, 6.45) is 0.300. The molecule has 3 rings (SSSR count). The second-order valence-corrected chi connectivity index (χ2v) is 9.09. The molecular weight excluding hydrogens is 450 g/mol. The van der Waals surface area contributed by atoms with Crippen LogP contribution in [0.25, 0.3) is 0 Å². The Balaban J connectivity index is 1.47. The fraction of sp³-hybridized carbons (Fsp3) is 0.360. The lowest BCUT2D eigenvalue weighted by molar-refractivity contribution is -0.127. The normalized spacial score (nSPS) is 11.7. The van der Waals surface area contributed by atoms with E-state index in [4.69, 9.17) is 4.74 Å². The third-order valence-electron chi connectivity index (χ3n) is 5.20. The van der Waals surface area contributed by atoms with Crippen LogP contribution in [0.2, 0.25) is 0 Å². The number of anilines is 1. The van der Waals surface area contributed by atoms with Gasteiger partial charge in [-0.15, -0.1) is 10.2 Å². The standard InChI is InChI=1S/C25H31N5O3S/c1-6-19-7-9-21(10-8-19)33-18(4)24(32)26-14-22-28-29-25(30(22)5)34-15-23(31)27-20-12-16(2)11-17(3)13-20/h7-13,18H,6,14-15H2,1-5H3,(H,26,32)(H,27,31)/t18-/m0/s1. The van der Waals surface area contributed by atoms with E-state index in [0.29, 0.717) is 16.7 Å². The van der Waals surface area contributed by atoms with E-state index in [1.165, 1.54) is 17.3 Å². The minimum atomic E-state index is -0.650. The second kappa shape index (κ2) is 11.7. The monoisotopic (exact) mass is 481 g/mol. The van der Waals surface area contributed by atoms with Crippen molar-refractivity contribution in [2.45, 2.75) is 51.9 Å². The lowest BCUT2D eigenvalue weighted by Crippen LogP contribution is -2.36. The number of ether oxygens (including phenoxy) is 1. The molecule has 3 aromatic rings. The second-order valence-electron chi connectivity index (χ2n) is 8.15. The van der Waals surface area contributed by atoms with Crippen LogP contribution in [0.1, 0.15) is 36.4 Å². The fourth-order valence-electron chi connectivity index (χ4n) is 3.37. The minimum absolute atomic E-state index is 0.120. The first kappa shape index (κ1) is 25.3. The molecule has 0 saturated heterocycles. The number of aryl methyl sites for hydroxylation is 3. The smallest absolute Gasteiger partial charge is 0.261 e. The van der Waals surface area contributed by atoms with Gasteiger partial charge in [0.1, 0.15) is 5.75 Å². The largest absolute Gasteiger partial charge is 0.481 e. The molecule has 2 aromatic carbocycles. The van der Waals surface area contributed by atoms with Crippen LogP contribution in [0.4, 0.5) is 5.69 Å². The molecule has 0 spiro atoms. The van der Waals surface area contributed by atoms with Crippen molar-refractivity contribution < 1.29 is 14.3 Å². The van der Waals surface area contributed by atoms with Crippen molar-refractivity contribution in [3.63, 3.8) is 0 Å². The first-order valence-electron chi connectivity index (χ1n) is 11.2. The molecule has 8 nitrogen and oxygen atoms in total. The minimum Gasteiger partial charge on any atom is -0.481 e. The number of benzene rings is 2. The Morgan fingerprint density at radius 2 is 1.76 bits per heavy atom. The van der Waals surface area contributed by atoms with E-state index >= 15 is 0 Å². The average molecular weight is 482 g/mol. The summed E-state index contributed by atoms with van der Waals surface area (Å²) in [5, 5.41) is 14.6. The Labute approximate surface area is 204 Å². The van der Waals surface area contributed by atoms with Crippen LogP contribution in [0.15, 0.2) is 47.6 Å². The summed E-state index contributed by atoms with van der Waals surface area (Å²) < 4.78 is 7.49. The van der Waals surface area contributed by atoms with Crippen LogP contribution < -0.4 is 15.4 Å². The summed E-state index contributed by atoms with van der Waals surface area (Å²) in [4.78, 5) is 24.8. The van der Waals surface area contributed by atoms with Gasteiger partial charge in [-0.2, -0.15) is 0 Å². The molecule has 180 valence electrons. The number of aromatic nitrogens is 3. The SMILES string of the molecule is CCc1ccc(O[C@@H](C)C(=O)NCc2nnc(SCC(=O)Nc3cc(C)cc(C)c3)n2C)cc1. The highest BCUT2D eigenvalue weighted by Crippen LogP contribution is 2.18. The van der Waals surface area contributed by atoms with Crippen molar-refractivity contribution in [2.24, 2.45) is 7.05 Å². The summed E-state index contributed by atoms with van der Waals surface area (Å²) in [6, 6.07) is 13.6. The van der Waals surface area contributed by atoms with Crippen LogP contribution in [-0.2, 0) is 29.6 Å². The molecule has 0 aliphatic heterocycles. The van der Waals surface area contributed by atoms with Gasteiger partial charge in [0.25, 0.3) is 5.91 Å². The van der Waals surface area contributed by atoms with E-state index in [1.807, 2.05) is 50.2 Å². The van der Waals surface area contributed by atoms with Gasteiger partial charge in [0, 0.05) is 12.7 Å². The van der Waals surface area contributed by atoms with Crippen molar-refractivity contribution in [2.75, 3.05) is 11.1 Å². The Kier molecular flexibility index (Phi) is 8.70. The predicted molar refractivity (Wildman–Crippen MR) is 134 cm³/mol. The van der Waals surface area contributed by atoms with Gasteiger partial charge < -0.3 is 19.9 Å². The highest BCUT2D eigenvalue weighted by molar-refractivity contribution is 7.99. The Bertz CT molecular complexity index is 1120. The molecule has 0 aliphatic carbocycles. The first-order valence-corrected chi connectivity index (χ1v) is 12.2. The van der Waals surface area contributed by atoms with E-state index in [0.717, 1.165) is 23.2 Å². The Morgan fingerprint density at radius 3 is 2.41 bits per heavy atom. The topological polar surface area (TPSA) is 98.1 Å². The van der Waals surface area contributed by atoms with Crippen molar-refractivity contribution in [3.05, 3.63) is 65.0 Å². The highest BCUT2D eigenvalue weighted by Gasteiger charge is 2.17. The van der Waals surface area contributed by atoms with Gasteiger partial charge in [-0.3, -0.25) is 9.59 Å². The predicted octanol–water partition coefficient (Wildman–Crippen LogP) is 3.81. The summed E-state index contributed by atoms with van der Waals surface area (Å²) in [5.41, 5.74) is 4.18. The average Bonchev–Trinajstić information content (AvgIpc) is 3.15. The van der Waals surface area contributed by atoms with Gasteiger partial charge in [0.2, 0.25) is 5.91 Å². The number of nitrogens with one attached hydrogen (secondary N) is 2. The zero-order valence-corrected chi connectivity index (χ0v) is 21.0. The maximum Gasteiger partial charge on any atom is 0.261 e. The van der Waals surface area contributed by atoms with Gasteiger partial charge in [0.05, 0.1) is 12.3 Å². The van der Waals surface area contributed by atoms with Crippen LogP contribution in [0, 0.1) is 13.8 Å². The van der Waals surface area contributed by atoms with E-state index in [1.54, 1.807) is 18.5 Å². The molecule has 0 unspecified atom stereocenters. The summed E-state index contributed by atoms with van der Waals surface area (Å²) in [7, 11) is 1.81. The zero-order chi connectivity index (χ0) is 24.7. The molecule has 0 aliphatic rings. The number of carbonyl (C=O) groups is 2. The van der Waals surface area contributed by atoms with E-state index in [-0.39, 0.29) is 24.1 Å². The summed E-state index contributed by atoms with van der Waals surface area (Å²) in [6.45, 7) is 7.99. The number of hydrogen-bond donors (Lipinski definition) is 2. The molecule has 0 fully saturated rings. The molecule has 1 heterocycles. The molecule has 2 amide bonds. The van der Waals surface area contributed by atoms with Crippen LogP contribution in [-0.4, -0.2) is 38.4 Å². The molecule has 0 radical (unpaired) electrons. The quantitative estimate of drug-likeness (QED) is 0.428. The zero-order valence-electron chi connectivity index (χ0n) is 20.2. The lowest BCUT2D eigenvalue weighted by atomic mass is 10.1. The molecule has 0 saturated carbocycles. The number of carbonyl (C=O) groups excluding carboxylic acids is 2. The Morgan fingerprint density at radius 1 is 1.09 bits per heavy atom. The van der Waals surface area contributed by atoms with Gasteiger partial charge in [0.15, 0.2) is 17.1 Å². The summed E-state index contributed by atoms with van der Waals surface area (Å²) >= 11 is 1.29. The van der Waals surface area contributed by atoms with E-state index in [2.05, 4.69) is 33.8 Å². The van der Waals surface area contributed by atoms with Crippen molar-refractivity contribution >= 4 is 29.3 Å². The maximum atomic E-state index is 12.4. The maximum absolute atomic E-state index is 12.4. The number of amides is 2. The number of hydrogen-bond acceptors (Lipinski definition) is 6. The summed E-state index contributed by atoms with van der Waals surface area (Å²) in [5.74, 6) is 1.07. The third kappa shape index (κ3) is 7.08. The number of rotatable bonds is 10. The molecule has 9 heteroatoms. The first-order chi connectivity index (χ1) is 16.2. The molecule has 1 atom stereocenters. The molecule has 0 bridgehead atoms. The highest BCUT2D eigenvalue weighted by atomic mass is 32.2.